The Morgan fingerprint density at radius 3 is 2.74 bits per heavy atom. The highest BCUT2D eigenvalue weighted by Gasteiger charge is 2.15. The van der Waals surface area contributed by atoms with Crippen molar-refractivity contribution < 1.29 is 9.47 Å². The summed E-state index contributed by atoms with van der Waals surface area (Å²) in [6.45, 7) is 3.34. The van der Waals surface area contributed by atoms with Gasteiger partial charge in [-0.2, -0.15) is 0 Å². The van der Waals surface area contributed by atoms with Crippen molar-refractivity contribution in [1.29, 1.82) is 0 Å². The van der Waals surface area contributed by atoms with Gasteiger partial charge in [0.05, 0.1) is 0 Å². The zero-order chi connectivity index (χ0) is 13.1. The van der Waals surface area contributed by atoms with Gasteiger partial charge in [-0.05, 0) is 43.0 Å². The molecule has 1 aromatic rings. The minimum atomic E-state index is 0.516. The van der Waals surface area contributed by atoms with E-state index in [0.29, 0.717) is 19.3 Å². The van der Waals surface area contributed by atoms with Crippen molar-refractivity contribution >= 4 is 6.21 Å². The van der Waals surface area contributed by atoms with E-state index in [4.69, 9.17) is 14.5 Å². The molecule has 102 valence electrons. The first kappa shape index (κ1) is 12.5. The van der Waals surface area contributed by atoms with Crippen molar-refractivity contribution in [3.05, 3.63) is 23.3 Å². The average Bonchev–Trinajstić information content (AvgIpc) is 2.46. The van der Waals surface area contributed by atoms with Crippen molar-refractivity contribution in [2.75, 3.05) is 13.2 Å². The van der Waals surface area contributed by atoms with Crippen molar-refractivity contribution in [2.45, 2.75) is 45.1 Å². The van der Waals surface area contributed by atoms with Crippen LogP contribution in [0.2, 0.25) is 0 Å². The van der Waals surface area contributed by atoms with Gasteiger partial charge in [0.2, 0.25) is 0 Å². The molecule has 0 spiro atoms. The van der Waals surface area contributed by atoms with E-state index in [1.165, 1.54) is 32.1 Å². The highest BCUT2D eigenvalue weighted by molar-refractivity contribution is 5.81. The quantitative estimate of drug-likeness (QED) is 0.761. The molecule has 0 amide bonds. The minimum Gasteiger partial charge on any atom is -0.486 e. The molecule has 3 rings (SSSR count). The summed E-state index contributed by atoms with van der Waals surface area (Å²) in [6.07, 6.45) is 8.49. The second kappa shape index (κ2) is 5.64. The lowest BCUT2D eigenvalue weighted by Gasteiger charge is -2.21. The maximum Gasteiger partial charge on any atom is 0.164 e. The number of hydrogen-bond donors (Lipinski definition) is 0. The number of ether oxygens (including phenoxy) is 2. The standard InChI is InChI=1S/C16H21NO2/c1-12-9-13(10-15-16(12)19-8-7-18-15)11-17-14-5-3-2-4-6-14/h9-11,14H,2-8H2,1H3. The molecule has 1 fully saturated rings. The molecule has 1 aliphatic carbocycles. The first-order valence-corrected chi connectivity index (χ1v) is 7.26. The van der Waals surface area contributed by atoms with E-state index in [1.807, 2.05) is 12.3 Å². The molecule has 3 heteroatoms. The lowest BCUT2D eigenvalue weighted by atomic mass is 9.96. The number of aliphatic imine (C=N–C) groups is 1. The zero-order valence-corrected chi connectivity index (χ0v) is 11.5. The van der Waals surface area contributed by atoms with Crippen LogP contribution in [0, 0.1) is 6.92 Å². The molecular formula is C16H21NO2. The molecule has 0 unspecified atom stereocenters. The number of nitrogens with zero attached hydrogens (tertiary/aromatic N) is 1. The molecule has 1 aromatic carbocycles. The summed E-state index contributed by atoms with van der Waals surface area (Å²) < 4.78 is 11.3. The second-order valence-corrected chi connectivity index (χ2v) is 5.43. The van der Waals surface area contributed by atoms with Crippen LogP contribution >= 0.6 is 0 Å². The molecule has 0 atom stereocenters. The maximum absolute atomic E-state index is 5.65. The first-order chi connectivity index (χ1) is 9.33. The maximum atomic E-state index is 5.65. The largest absolute Gasteiger partial charge is 0.486 e. The lowest BCUT2D eigenvalue weighted by Crippen LogP contribution is -2.16. The molecule has 1 aliphatic heterocycles. The molecule has 0 radical (unpaired) electrons. The van der Waals surface area contributed by atoms with Crippen LogP contribution < -0.4 is 9.47 Å². The molecule has 2 aliphatic rings. The summed E-state index contributed by atoms with van der Waals surface area (Å²) in [5.41, 5.74) is 2.25. The normalized spacial score (nSPS) is 19.8. The minimum absolute atomic E-state index is 0.516. The fraction of sp³-hybridized carbons (Fsp3) is 0.562. The van der Waals surface area contributed by atoms with Crippen LogP contribution in [0.1, 0.15) is 43.2 Å². The Labute approximate surface area is 114 Å². The lowest BCUT2D eigenvalue weighted by molar-refractivity contribution is 0.170. The van der Waals surface area contributed by atoms with Gasteiger partial charge in [0.25, 0.3) is 0 Å². The van der Waals surface area contributed by atoms with Gasteiger partial charge in [-0.25, -0.2) is 0 Å². The summed E-state index contributed by atoms with van der Waals surface area (Å²) in [7, 11) is 0. The summed E-state index contributed by atoms with van der Waals surface area (Å²) in [6, 6.07) is 4.68. The Morgan fingerprint density at radius 1 is 1.11 bits per heavy atom. The monoisotopic (exact) mass is 259 g/mol. The summed E-state index contributed by atoms with van der Waals surface area (Å²) in [5.74, 6) is 1.75. The van der Waals surface area contributed by atoms with Gasteiger partial charge in [-0.3, -0.25) is 4.99 Å². The third kappa shape index (κ3) is 2.91. The van der Waals surface area contributed by atoms with E-state index in [9.17, 15) is 0 Å². The third-order valence-electron chi connectivity index (χ3n) is 3.86. The van der Waals surface area contributed by atoms with Gasteiger partial charge in [-0.15, -0.1) is 0 Å². The van der Waals surface area contributed by atoms with E-state index < -0.39 is 0 Å². The molecule has 0 aromatic heterocycles. The van der Waals surface area contributed by atoms with E-state index in [-0.39, 0.29) is 0 Å². The SMILES string of the molecule is Cc1cc(C=NC2CCCCC2)cc2c1OCCO2. The predicted octanol–water partition coefficient (Wildman–Crippen LogP) is 3.52. The number of aryl methyl sites for hydroxylation is 1. The number of fused-ring (bicyclic) bond motifs is 1. The number of rotatable bonds is 2. The topological polar surface area (TPSA) is 30.8 Å². The van der Waals surface area contributed by atoms with Gasteiger partial charge < -0.3 is 9.47 Å². The Morgan fingerprint density at radius 2 is 1.89 bits per heavy atom. The van der Waals surface area contributed by atoms with E-state index in [1.54, 1.807) is 0 Å². The summed E-state index contributed by atoms with van der Waals surface area (Å²) in [5, 5.41) is 0. The van der Waals surface area contributed by atoms with Gasteiger partial charge in [0.1, 0.15) is 13.2 Å². The van der Waals surface area contributed by atoms with Gasteiger partial charge >= 0.3 is 0 Å². The molecule has 0 bridgehead atoms. The first-order valence-electron chi connectivity index (χ1n) is 7.26. The second-order valence-electron chi connectivity index (χ2n) is 5.43. The van der Waals surface area contributed by atoms with Crippen LogP contribution in [0.25, 0.3) is 0 Å². The van der Waals surface area contributed by atoms with E-state index in [0.717, 1.165) is 22.6 Å². The zero-order valence-electron chi connectivity index (χ0n) is 11.5. The predicted molar refractivity (Wildman–Crippen MR) is 76.6 cm³/mol. The fourth-order valence-corrected chi connectivity index (χ4v) is 2.85. The summed E-state index contributed by atoms with van der Waals surface area (Å²) in [4.78, 5) is 4.72. The summed E-state index contributed by atoms with van der Waals surface area (Å²) >= 11 is 0. The van der Waals surface area contributed by atoms with Crippen molar-refractivity contribution in [3.8, 4) is 11.5 Å². The molecule has 0 N–H and O–H groups in total. The van der Waals surface area contributed by atoms with Crippen LogP contribution in [0.5, 0.6) is 11.5 Å². The third-order valence-corrected chi connectivity index (χ3v) is 3.86. The average molecular weight is 259 g/mol. The highest BCUT2D eigenvalue weighted by atomic mass is 16.6. The van der Waals surface area contributed by atoms with Crippen LogP contribution in [-0.4, -0.2) is 25.5 Å². The van der Waals surface area contributed by atoms with Gasteiger partial charge in [0, 0.05) is 12.3 Å². The molecular weight excluding hydrogens is 238 g/mol. The van der Waals surface area contributed by atoms with E-state index in [2.05, 4.69) is 13.0 Å². The molecule has 19 heavy (non-hydrogen) atoms. The van der Waals surface area contributed by atoms with Crippen LogP contribution in [0.3, 0.4) is 0 Å². The van der Waals surface area contributed by atoms with Crippen LogP contribution in [0.4, 0.5) is 0 Å². The van der Waals surface area contributed by atoms with Gasteiger partial charge in [-0.1, -0.05) is 19.3 Å². The van der Waals surface area contributed by atoms with Gasteiger partial charge in [0.15, 0.2) is 11.5 Å². The molecule has 1 saturated carbocycles. The smallest absolute Gasteiger partial charge is 0.164 e. The molecule has 3 nitrogen and oxygen atoms in total. The Hall–Kier alpha value is -1.51. The number of benzene rings is 1. The Balaban J connectivity index is 1.77. The molecule has 0 saturated heterocycles. The van der Waals surface area contributed by atoms with Crippen molar-refractivity contribution in [1.82, 2.24) is 0 Å². The van der Waals surface area contributed by atoms with Crippen molar-refractivity contribution in [2.24, 2.45) is 4.99 Å². The Kier molecular flexibility index (Phi) is 3.72. The van der Waals surface area contributed by atoms with Crippen LogP contribution in [0.15, 0.2) is 17.1 Å². The van der Waals surface area contributed by atoms with Crippen molar-refractivity contribution in [3.63, 3.8) is 0 Å². The number of hydrogen-bond acceptors (Lipinski definition) is 3. The molecule has 1 heterocycles. The van der Waals surface area contributed by atoms with Crippen LogP contribution in [-0.2, 0) is 0 Å². The Bertz CT molecular complexity index is 476. The fourth-order valence-electron chi connectivity index (χ4n) is 2.85. The van der Waals surface area contributed by atoms with E-state index >= 15 is 0 Å². The highest BCUT2D eigenvalue weighted by Crippen LogP contribution is 2.34.